The van der Waals surface area contributed by atoms with Gasteiger partial charge in [-0.3, -0.25) is 9.59 Å². The molecule has 1 amide bonds. The summed E-state index contributed by atoms with van der Waals surface area (Å²) in [6.07, 6.45) is 76.5. The third-order valence-corrected chi connectivity index (χ3v) is 15.2. The second-order valence-electron chi connectivity index (χ2n) is 22.4. The summed E-state index contributed by atoms with van der Waals surface area (Å²) in [5.74, 6) is -0.0234. The van der Waals surface area contributed by atoms with Crippen LogP contribution in [0, 0.1) is 0 Å². The van der Waals surface area contributed by atoms with Gasteiger partial charge in [-0.2, -0.15) is 0 Å². The van der Waals surface area contributed by atoms with Crippen molar-refractivity contribution in [2.24, 2.45) is 0 Å². The van der Waals surface area contributed by atoms with E-state index >= 15 is 0 Å². The van der Waals surface area contributed by atoms with Gasteiger partial charge in [0.2, 0.25) is 5.91 Å². The molecule has 426 valence electrons. The van der Waals surface area contributed by atoms with Gasteiger partial charge < -0.3 is 20.3 Å². The monoisotopic (exact) mass is 1010 g/mol. The molecular formula is C66H127NO5. The second kappa shape index (κ2) is 61.9. The Bertz CT molecular complexity index is 1120. The Hall–Kier alpha value is -1.66. The molecule has 6 heteroatoms. The number of aliphatic hydroxyl groups excluding tert-OH is 2. The first-order chi connectivity index (χ1) is 35.5. The van der Waals surface area contributed by atoms with E-state index in [0.29, 0.717) is 25.9 Å². The molecular weight excluding hydrogens is 887 g/mol. The van der Waals surface area contributed by atoms with Crippen LogP contribution in [0.5, 0.6) is 0 Å². The van der Waals surface area contributed by atoms with Crippen molar-refractivity contribution in [1.82, 2.24) is 5.32 Å². The summed E-state index contributed by atoms with van der Waals surface area (Å²) in [5.41, 5.74) is 0. The lowest BCUT2D eigenvalue weighted by molar-refractivity contribution is -0.143. The molecule has 3 N–H and O–H groups in total. The molecule has 0 aromatic rings. The minimum Gasteiger partial charge on any atom is -0.466 e. The van der Waals surface area contributed by atoms with Crippen LogP contribution < -0.4 is 5.32 Å². The maximum absolute atomic E-state index is 12.4. The van der Waals surface area contributed by atoms with Gasteiger partial charge in [-0.25, -0.2) is 0 Å². The van der Waals surface area contributed by atoms with Gasteiger partial charge in [0.1, 0.15) is 0 Å². The number of allylic oxidation sites excluding steroid dienone is 4. The molecule has 0 radical (unpaired) electrons. The molecule has 0 aliphatic carbocycles. The Labute approximate surface area is 450 Å². The molecule has 2 unspecified atom stereocenters. The van der Waals surface area contributed by atoms with Crippen molar-refractivity contribution in [3.05, 3.63) is 24.3 Å². The first kappa shape index (κ1) is 70.3. The SMILES string of the molecule is CCCCC/C=C\CCCCCCCC(=O)OCCCCCCCCCCCCCC/C=C\CCCCCCCCCCCCCCCCCCCC(=O)NC(CO)C(O)CCCCCCCCCCCC. The van der Waals surface area contributed by atoms with Crippen molar-refractivity contribution in [2.75, 3.05) is 13.2 Å². The fraction of sp³-hybridized carbons (Fsp3) is 0.909. The van der Waals surface area contributed by atoms with Crippen LogP contribution in [0.3, 0.4) is 0 Å². The molecule has 6 nitrogen and oxygen atoms in total. The van der Waals surface area contributed by atoms with Crippen molar-refractivity contribution in [1.29, 1.82) is 0 Å². The van der Waals surface area contributed by atoms with E-state index in [9.17, 15) is 19.8 Å². The summed E-state index contributed by atoms with van der Waals surface area (Å²) in [6, 6.07) is -0.537. The first-order valence-electron chi connectivity index (χ1n) is 32.6. The zero-order valence-electron chi connectivity index (χ0n) is 48.7. The normalized spacial score (nSPS) is 12.7. The molecule has 0 rings (SSSR count). The number of hydrogen-bond acceptors (Lipinski definition) is 5. The molecule has 0 aromatic carbocycles. The van der Waals surface area contributed by atoms with E-state index in [1.54, 1.807) is 0 Å². The zero-order valence-corrected chi connectivity index (χ0v) is 48.7. The number of nitrogens with one attached hydrogen (secondary N) is 1. The number of unbranched alkanes of at least 4 members (excludes halogenated alkanes) is 46. The van der Waals surface area contributed by atoms with Crippen LogP contribution in [0.1, 0.15) is 361 Å². The van der Waals surface area contributed by atoms with Gasteiger partial charge in [0, 0.05) is 12.8 Å². The van der Waals surface area contributed by atoms with E-state index in [2.05, 4.69) is 43.5 Å². The van der Waals surface area contributed by atoms with E-state index in [0.717, 1.165) is 44.9 Å². The van der Waals surface area contributed by atoms with Crippen LogP contribution in [0.15, 0.2) is 24.3 Å². The highest BCUT2D eigenvalue weighted by molar-refractivity contribution is 5.76. The Morgan fingerprint density at radius 2 is 0.653 bits per heavy atom. The summed E-state index contributed by atoms with van der Waals surface area (Å²) in [5, 5.41) is 23.2. The van der Waals surface area contributed by atoms with Gasteiger partial charge in [-0.15, -0.1) is 0 Å². The lowest BCUT2D eigenvalue weighted by Gasteiger charge is -2.22. The standard InChI is InChI=1S/C66H127NO5/c1-3-5-7-9-11-13-15-40-44-48-52-56-60-66(71)72-61-57-53-49-45-41-38-36-34-32-30-28-26-24-22-20-18-16-17-19-21-23-25-27-29-31-33-35-37-39-43-47-51-55-59-65(70)67-63(62-68)64(69)58-54-50-46-42-14-12-10-8-6-4-2/h11,13,20,22,63-64,68-69H,3-10,12,14-19,21,23-62H2,1-2H3,(H,67,70)/b13-11-,22-20-. The molecule has 0 saturated heterocycles. The van der Waals surface area contributed by atoms with Gasteiger partial charge in [0.05, 0.1) is 25.4 Å². The number of esters is 1. The van der Waals surface area contributed by atoms with Gasteiger partial charge in [-0.05, 0) is 77.0 Å². The maximum Gasteiger partial charge on any atom is 0.305 e. The number of aliphatic hydroxyl groups is 2. The molecule has 0 saturated carbocycles. The molecule has 0 heterocycles. The van der Waals surface area contributed by atoms with Gasteiger partial charge >= 0.3 is 5.97 Å². The summed E-state index contributed by atoms with van der Waals surface area (Å²) in [6.45, 7) is 4.93. The van der Waals surface area contributed by atoms with Crippen molar-refractivity contribution in [3.63, 3.8) is 0 Å². The van der Waals surface area contributed by atoms with Crippen LogP contribution in [-0.2, 0) is 14.3 Å². The van der Waals surface area contributed by atoms with Gasteiger partial charge in [0.25, 0.3) is 0 Å². The average Bonchev–Trinajstić information content (AvgIpc) is 3.38. The highest BCUT2D eigenvalue weighted by atomic mass is 16.5. The van der Waals surface area contributed by atoms with Crippen molar-refractivity contribution >= 4 is 11.9 Å². The van der Waals surface area contributed by atoms with Crippen molar-refractivity contribution in [3.8, 4) is 0 Å². The summed E-state index contributed by atoms with van der Waals surface area (Å²) >= 11 is 0. The smallest absolute Gasteiger partial charge is 0.305 e. The zero-order chi connectivity index (χ0) is 52.2. The lowest BCUT2D eigenvalue weighted by Crippen LogP contribution is -2.45. The quantitative estimate of drug-likeness (QED) is 0.0320. The molecule has 0 fully saturated rings. The molecule has 72 heavy (non-hydrogen) atoms. The van der Waals surface area contributed by atoms with E-state index < -0.39 is 12.1 Å². The van der Waals surface area contributed by atoms with Crippen LogP contribution in [-0.4, -0.2) is 47.4 Å². The van der Waals surface area contributed by atoms with Crippen LogP contribution in [0.4, 0.5) is 0 Å². The highest BCUT2D eigenvalue weighted by Crippen LogP contribution is 2.18. The topological polar surface area (TPSA) is 95.9 Å². The number of hydrogen-bond donors (Lipinski definition) is 3. The Morgan fingerprint density at radius 3 is 1.01 bits per heavy atom. The predicted octanol–water partition coefficient (Wildman–Crippen LogP) is 20.6. The van der Waals surface area contributed by atoms with E-state index in [4.69, 9.17) is 4.74 Å². The highest BCUT2D eigenvalue weighted by Gasteiger charge is 2.20. The second-order valence-corrected chi connectivity index (χ2v) is 22.4. The number of carbonyl (C=O) groups excluding carboxylic acids is 2. The Balaban J connectivity index is 3.32. The molecule has 0 aliphatic rings. The summed E-state index contributed by atoms with van der Waals surface area (Å²) < 4.78 is 5.47. The third kappa shape index (κ3) is 57.6. The number of amides is 1. The first-order valence-corrected chi connectivity index (χ1v) is 32.6. The van der Waals surface area contributed by atoms with Crippen LogP contribution in [0.25, 0.3) is 0 Å². The van der Waals surface area contributed by atoms with E-state index in [-0.39, 0.29) is 18.5 Å². The summed E-state index contributed by atoms with van der Waals surface area (Å²) in [4.78, 5) is 24.4. The molecule has 2 atom stereocenters. The van der Waals surface area contributed by atoms with Crippen molar-refractivity contribution < 1.29 is 24.5 Å². The molecule has 0 bridgehead atoms. The third-order valence-electron chi connectivity index (χ3n) is 15.2. The lowest BCUT2D eigenvalue weighted by atomic mass is 10.0. The molecule has 0 aliphatic heterocycles. The fourth-order valence-corrected chi connectivity index (χ4v) is 10.2. The minimum atomic E-state index is -0.659. The van der Waals surface area contributed by atoms with Crippen LogP contribution in [0.2, 0.25) is 0 Å². The van der Waals surface area contributed by atoms with Gasteiger partial charge in [-0.1, -0.05) is 295 Å². The summed E-state index contributed by atoms with van der Waals surface area (Å²) in [7, 11) is 0. The predicted molar refractivity (Wildman–Crippen MR) is 315 cm³/mol. The molecule has 0 spiro atoms. The Morgan fingerprint density at radius 1 is 0.375 bits per heavy atom. The van der Waals surface area contributed by atoms with Crippen LogP contribution >= 0.6 is 0 Å². The fourth-order valence-electron chi connectivity index (χ4n) is 10.2. The number of carbonyl (C=O) groups is 2. The minimum absolute atomic E-state index is 0.00871. The Kier molecular flexibility index (Phi) is 60.5. The number of rotatable bonds is 61. The van der Waals surface area contributed by atoms with E-state index in [1.165, 1.54) is 283 Å². The average molecular weight is 1010 g/mol. The van der Waals surface area contributed by atoms with Crippen molar-refractivity contribution in [2.45, 2.75) is 373 Å². The molecule has 0 aromatic heterocycles. The largest absolute Gasteiger partial charge is 0.466 e. The maximum atomic E-state index is 12.4. The van der Waals surface area contributed by atoms with E-state index in [1.807, 2.05) is 0 Å². The number of ether oxygens (including phenoxy) is 1. The van der Waals surface area contributed by atoms with Gasteiger partial charge in [0.15, 0.2) is 0 Å².